The number of nitrogens with one attached hydrogen (secondary N) is 1. The van der Waals surface area contributed by atoms with Gasteiger partial charge in [0.2, 0.25) is 5.91 Å². The van der Waals surface area contributed by atoms with E-state index in [0.29, 0.717) is 12.8 Å². The Balaban J connectivity index is 2.15. The molecule has 0 aromatic carbocycles. The van der Waals surface area contributed by atoms with Crippen LogP contribution < -0.4 is 11.1 Å². The minimum atomic E-state index is -0.881. The lowest BCUT2D eigenvalue weighted by Gasteiger charge is -2.35. The molecule has 1 aliphatic carbocycles. The van der Waals surface area contributed by atoms with Crippen LogP contribution in [0.1, 0.15) is 55.0 Å². The number of oxime groups is 1. The molecule has 6 nitrogen and oxygen atoms in total. The van der Waals surface area contributed by atoms with E-state index in [1.165, 1.54) is 0 Å². The van der Waals surface area contributed by atoms with Crippen LogP contribution in [0.2, 0.25) is 0 Å². The Labute approximate surface area is 128 Å². The molecule has 1 saturated carbocycles. The molecule has 0 aliphatic heterocycles. The molecule has 1 unspecified atom stereocenters. The van der Waals surface area contributed by atoms with Gasteiger partial charge in [-0.25, -0.2) is 4.98 Å². The van der Waals surface area contributed by atoms with Crippen LogP contribution in [-0.4, -0.2) is 21.9 Å². The van der Waals surface area contributed by atoms with Crippen molar-refractivity contribution < 1.29 is 10.0 Å². The summed E-state index contributed by atoms with van der Waals surface area (Å²) in [6, 6.07) is -0.179. The highest BCUT2D eigenvalue weighted by molar-refractivity contribution is 7.11. The minimum Gasteiger partial charge on any atom is -0.409 e. The number of aromatic nitrogens is 1. The van der Waals surface area contributed by atoms with E-state index in [0.717, 1.165) is 29.1 Å². The van der Waals surface area contributed by atoms with Gasteiger partial charge in [0.15, 0.2) is 5.84 Å². The second-order valence-corrected chi connectivity index (χ2v) is 6.90. The molecule has 0 bridgehead atoms. The summed E-state index contributed by atoms with van der Waals surface area (Å²) in [6.45, 7) is 3.88. The van der Waals surface area contributed by atoms with Crippen molar-refractivity contribution in [3.63, 3.8) is 0 Å². The van der Waals surface area contributed by atoms with Gasteiger partial charge >= 0.3 is 0 Å². The monoisotopic (exact) mass is 310 g/mol. The van der Waals surface area contributed by atoms with E-state index >= 15 is 0 Å². The third-order valence-electron chi connectivity index (χ3n) is 4.10. The molecule has 21 heavy (non-hydrogen) atoms. The molecule has 0 spiro atoms. The molecule has 4 N–H and O–H groups in total. The largest absolute Gasteiger partial charge is 0.409 e. The van der Waals surface area contributed by atoms with Gasteiger partial charge in [-0.2, -0.15) is 0 Å². The highest BCUT2D eigenvalue weighted by Gasteiger charge is 2.44. The molecule has 0 saturated heterocycles. The number of carbonyl (C=O) groups excluding carboxylic acids is 1. The minimum absolute atomic E-state index is 0.0159. The predicted molar refractivity (Wildman–Crippen MR) is 82.3 cm³/mol. The number of amides is 1. The van der Waals surface area contributed by atoms with Crippen LogP contribution in [0.25, 0.3) is 0 Å². The van der Waals surface area contributed by atoms with Crippen molar-refractivity contribution in [3.05, 3.63) is 16.1 Å². The zero-order valence-corrected chi connectivity index (χ0v) is 13.2. The molecule has 1 aromatic rings. The van der Waals surface area contributed by atoms with Crippen molar-refractivity contribution in [1.82, 2.24) is 10.3 Å². The number of rotatable bonds is 4. The predicted octanol–water partition coefficient (Wildman–Crippen LogP) is 2.33. The van der Waals surface area contributed by atoms with E-state index in [4.69, 9.17) is 10.9 Å². The highest BCUT2D eigenvalue weighted by atomic mass is 32.1. The number of aryl methyl sites for hydroxylation is 1. The van der Waals surface area contributed by atoms with Crippen molar-refractivity contribution in [3.8, 4) is 0 Å². The molecule has 1 aliphatic rings. The summed E-state index contributed by atoms with van der Waals surface area (Å²) in [6.07, 6.45) is 5.94. The Morgan fingerprint density at radius 1 is 1.52 bits per heavy atom. The van der Waals surface area contributed by atoms with Gasteiger partial charge in [0.1, 0.15) is 10.4 Å². The van der Waals surface area contributed by atoms with Gasteiger partial charge in [-0.1, -0.05) is 24.4 Å². The maximum Gasteiger partial charge on any atom is 0.234 e. The number of nitrogens with two attached hydrogens (primary N) is 1. The van der Waals surface area contributed by atoms with E-state index in [1.807, 2.05) is 13.8 Å². The summed E-state index contributed by atoms with van der Waals surface area (Å²) < 4.78 is 0. The molecule has 2 rings (SSSR count). The first-order valence-corrected chi connectivity index (χ1v) is 8.02. The molecular weight excluding hydrogens is 288 g/mol. The summed E-state index contributed by atoms with van der Waals surface area (Å²) in [4.78, 5) is 18.1. The van der Waals surface area contributed by atoms with E-state index in [-0.39, 0.29) is 17.8 Å². The van der Waals surface area contributed by atoms with Gasteiger partial charge in [0, 0.05) is 11.1 Å². The maximum atomic E-state index is 12.7. The second kappa shape index (κ2) is 6.43. The number of amidine groups is 1. The first kappa shape index (κ1) is 15.8. The molecule has 1 fully saturated rings. The summed E-state index contributed by atoms with van der Waals surface area (Å²) in [5.41, 5.74) is 4.95. The van der Waals surface area contributed by atoms with Crippen molar-refractivity contribution in [2.24, 2.45) is 16.3 Å². The smallest absolute Gasteiger partial charge is 0.234 e. The Hall–Kier alpha value is -1.63. The number of carbonyl (C=O) groups is 1. The molecule has 1 atom stereocenters. The van der Waals surface area contributed by atoms with Gasteiger partial charge < -0.3 is 16.3 Å². The number of hydrogen-bond donors (Lipinski definition) is 3. The summed E-state index contributed by atoms with van der Waals surface area (Å²) >= 11 is 1.56. The van der Waals surface area contributed by atoms with E-state index in [2.05, 4.69) is 15.5 Å². The van der Waals surface area contributed by atoms with Crippen molar-refractivity contribution in [1.29, 1.82) is 0 Å². The second-order valence-electron chi connectivity index (χ2n) is 5.63. The molecule has 116 valence electrons. The van der Waals surface area contributed by atoms with E-state index in [9.17, 15) is 4.79 Å². The lowest BCUT2D eigenvalue weighted by atomic mass is 9.72. The topological polar surface area (TPSA) is 101 Å². The van der Waals surface area contributed by atoms with Gasteiger partial charge in [-0.3, -0.25) is 4.79 Å². The highest BCUT2D eigenvalue weighted by Crippen LogP contribution is 2.37. The summed E-state index contributed by atoms with van der Waals surface area (Å²) in [5.74, 6) is -0.153. The van der Waals surface area contributed by atoms with Gasteiger partial charge in [-0.05, 0) is 26.7 Å². The van der Waals surface area contributed by atoms with Crippen LogP contribution in [-0.2, 0) is 4.79 Å². The summed E-state index contributed by atoms with van der Waals surface area (Å²) in [5, 5.41) is 16.0. The fourth-order valence-electron chi connectivity index (χ4n) is 2.82. The molecule has 7 heteroatoms. The molecule has 1 aromatic heterocycles. The Bertz CT molecular complexity index is 535. The first-order valence-electron chi connectivity index (χ1n) is 7.21. The van der Waals surface area contributed by atoms with Crippen molar-refractivity contribution in [2.45, 2.75) is 52.0 Å². The molecule has 0 radical (unpaired) electrons. The molecule has 1 amide bonds. The number of nitrogens with zero attached hydrogens (tertiary/aromatic N) is 2. The average molecular weight is 310 g/mol. The normalized spacial score (nSPS) is 20.0. The SMILES string of the molecule is Cc1cnc(C(C)NC(=O)C2(/C(N)=N/O)CCCCC2)s1. The van der Waals surface area contributed by atoms with Crippen molar-refractivity contribution >= 4 is 23.1 Å². The lowest BCUT2D eigenvalue weighted by Crippen LogP contribution is -2.51. The molecular formula is C14H22N4O2S. The zero-order chi connectivity index (χ0) is 15.5. The van der Waals surface area contributed by atoms with Crippen LogP contribution in [0.5, 0.6) is 0 Å². The number of thiazole rings is 1. The van der Waals surface area contributed by atoms with Crippen LogP contribution >= 0.6 is 11.3 Å². The standard InChI is InChI=1S/C14H22N4O2S/c1-9-8-16-11(21-9)10(2)17-13(19)14(12(15)18-20)6-4-3-5-7-14/h8,10,20H,3-7H2,1-2H3,(H2,15,18)(H,17,19). The van der Waals surface area contributed by atoms with E-state index < -0.39 is 5.41 Å². The quantitative estimate of drug-likeness (QED) is 0.344. The van der Waals surface area contributed by atoms with Crippen molar-refractivity contribution in [2.75, 3.05) is 0 Å². The van der Waals surface area contributed by atoms with Crippen LogP contribution in [0, 0.1) is 12.3 Å². The van der Waals surface area contributed by atoms with Crippen LogP contribution in [0.15, 0.2) is 11.4 Å². The fourth-order valence-corrected chi connectivity index (χ4v) is 3.60. The van der Waals surface area contributed by atoms with Crippen LogP contribution in [0.3, 0.4) is 0 Å². The Morgan fingerprint density at radius 2 is 2.19 bits per heavy atom. The van der Waals surface area contributed by atoms with Gasteiger partial charge in [0.25, 0.3) is 0 Å². The first-order chi connectivity index (χ1) is 9.99. The third-order valence-corrected chi connectivity index (χ3v) is 5.19. The third kappa shape index (κ3) is 3.18. The van der Waals surface area contributed by atoms with Crippen LogP contribution in [0.4, 0.5) is 0 Å². The fraction of sp³-hybridized carbons (Fsp3) is 0.643. The average Bonchev–Trinajstić information content (AvgIpc) is 2.93. The molecule has 1 heterocycles. The zero-order valence-electron chi connectivity index (χ0n) is 12.4. The van der Waals surface area contributed by atoms with Gasteiger partial charge in [0.05, 0.1) is 6.04 Å². The Kier molecular flexibility index (Phi) is 4.82. The maximum absolute atomic E-state index is 12.7. The summed E-state index contributed by atoms with van der Waals surface area (Å²) in [7, 11) is 0. The van der Waals surface area contributed by atoms with E-state index in [1.54, 1.807) is 17.5 Å². The number of hydrogen-bond acceptors (Lipinski definition) is 5. The Morgan fingerprint density at radius 3 is 2.71 bits per heavy atom. The van der Waals surface area contributed by atoms with Gasteiger partial charge in [-0.15, -0.1) is 11.3 Å². The lowest BCUT2D eigenvalue weighted by molar-refractivity contribution is -0.129.